The fourth-order valence-corrected chi connectivity index (χ4v) is 3.07. The molecule has 1 rings (SSSR count). The first-order chi connectivity index (χ1) is 8.48. The Morgan fingerprint density at radius 1 is 1.06 bits per heavy atom. The van der Waals surface area contributed by atoms with Gasteiger partial charge in [-0.05, 0) is 18.9 Å². The van der Waals surface area contributed by atoms with Crippen LogP contribution in [-0.2, 0) is 0 Å². The van der Waals surface area contributed by atoms with Gasteiger partial charge in [0.1, 0.15) is 5.75 Å². The van der Waals surface area contributed by atoms with E-state index in [2.05, 4.69) is 29.8 Å². The van der Waals surface area contributed by atoms with Crippen LogP contribution >= 0.6 is 50.7 Å². The van der Waals surface area contributed by atoms with Crippen LogP contribution in [0.1, 0.15) is 26.7 Å². The Hall–Kier alpha value is 0.370. The molecular formula is C13H16BrCl3O. The molecule has 0 N–H and O–H groups in total. The maximum Gasteiger partial charge on any atom is 0.139 e. The van der Waals surface area contributed by atoms with Crippen LogP contribution < -0.4 is 4.74 Å². The lowest BCUT2D eigenvalue weighted by molar-refractivity contribution is 0.158. The minimum atomic E-state index is 0.120. The average Bonchev–Trinajstić information content (AvgIpc) is 2.37. The second-order valence-electron chi connectivity index (χ2n) is 4.33. The van der Waals surface area contributed by atoms with Crippen LogP contribution in [0.3, 0.4) is 0 Å². The number of ether oxygens (including phenoxy) is 1. The van der Waals surface area contributed by atoms with Gasteiger partial charge >= 0.3 is 0 Å². The largest absolute Gasteiger partial charge is 0.491 e. The van der Waals surface area contributed by atoms with Crippen LogP contribution in [-0.4, -0.2) is 11.9 Å². The summed E-state index contributed by atoms with van der Waals surface area (Å²) in [5.74, 6) is 0.582. The van der Waals surface area contributed by atoms with Crippen molar-refractivity contribution in [2.45, 2.75) is 26.7 Å². The zero-order valence-corrected chi connectivity index (χ0v) is 14.3. The summed E-state index contributed by atoms with van der Waals surface area (Å²) < 4.78 is 5.81. The van der Waals surface area contributed by atoms with Crippen molar-refractivity contribution in [2.75, 3.05) is 11.9 Å². The predicted molar refractivity (Wildman–Crippen MR) is 83.8 cm³/mol. The molecule has 1 nitrogen and oxygen atoms in total. The Morgan fingerprint density at radius 3 is 2.11 bits per heavy atom. The molecule has 0 fully saturated rings. The molecule has 1 aromatic rings. The third kappa shape index (κ3) is 3.93. The molecule has 0 unspecified atom stereocenters. The summed E-state index contributed by atoms with van der Waals surface area (Å²) in [5.41, 5.74) is 0.120. The first kappa shape index (κ1) is 16.4. The van der Waals surface area contributed by atoms with Crippen LogP contribution in [0, 0.1) is 5.41 Å². The Labute approximate surface area is 132 Å². The first-order valence-electron chi connectivity index (χ1n) is 5.81. The van der Waals surface area contributed by atoms with Gasteiger partial charge in [-0.3, -0.25) is 0 Å². The predicted octanol–water partition coefficient (Wildman–Crippen LogP) is 6.23. The first-order valence-corrected chi connectivity index (χ1v) is 8.07. The number of alkyl halides is 1. The molecule has 5 heteroatoms. The van der Waals surface area contributed by atoms with Gasteiger partial charge in [0.25, 0.3) is 0 Å². The van der Waals surface area contributed by atoms with Crippen molar-refractivity contribution in [2.24, 2.45) is 5.41 Å². The fraction of sp³-hybridized carbons (Fsp3) is 0.538. The molecular weight excluding hydrogens is 358 g/mol. The van der Waals surface area contributed by atoms with E-state index in [-0.39, 0.29) is 5.41 Å². The molecule has 102 valence electrons. The van der Waals surface area contributed by atoms with Gasteiger partial charge in [-0.1, -0.05) is 64.6 Å². The van der Waals surface area contributed by atoms with E-state index in [0.29, 0.717) is 27.4 Å². The maximum atomic E-state index is 6.08. The molecule has 0 bridgehead atoms. The van der Waals surface area contributed by atoms with E-state index < -0.39 is 0 Å². The monoisotopic (exact) mass is 372 g/mol. The van der Waals surface area contributed by atoms with Crippen molar-refractivity contribution in [1.82, 2.24) is 0 Å². The molecule has 0 radical (unpaired) electrons. The molecule has 0 amide bonds. The topological polar surface area (TPSA) is 9.23 Å². The summed E-state index contributed by atoms with van der Waals surface area (Å²) in [6.45, 7) is 4.91. The molecule has 0 atom stereocenters. The zero-order valence-electron chi connectivity index (χ0n) is 10.4. The van der Waals surface area contributed by atoms with Crippen molar-refractivity contribution in [3.05, 3.63) is 27.2 Å². The van der Waals surface area contributed by atoms with Gasteiger partial charge in [0.2, 0.25) is 0 Å². The lowest BCUT2D eigenvalue weighted by Gasteiger charge is -2.29. The van der Waals surface area contributed by atoms with Crippen LogP contribution in [0.2, 0.25) is 15.1 Å². The Morgan fingerprint density at radius 2 is 1.61 bits per heavy atom. The molecule has 18 heavy (non-hydrogen) atoms. The van der Waals surface area contributed by atoms with E-state index in [1.807, 2.05) is 0 Å². The van der Waals surface area contributed by atoms with Gasteiger partial charge in [0.15, 0.2) is 0 Å². The van der Waals surface area contributed by atoms with Crippen molar-refractivity contribution in [1.29, 1.82) is 0 Å². The van der Waals surface area contributed by atoms with Gasteiger partial charge in [-0.2, -0.15) is 0 Å². The van der Waals surface area contributed by atoms with Gasteiger partial charge < -0.3 is 4.74 Å². The normalized spacial score (nSPS) is 11.7. The summed E-state index contributed by atoms with van der Waals surface area (Å²) >= 11 is 21.5. The number of halogens is 4. The van der Waals surface area contributed by atoms with Crippen molar-refractivity contribution >= 4 is 50.7 Å². The van der Waals surface area contributed by atoms with E-state index in [9.17, 15) is 0 Å². The number of rotatable bonds is 6. The molecule has 0 spiro atoms. The molecule has 0 aliphatic carbocycles. The van der Waals surface area contributed by atoms with Crippen LogP contribution in [0.25, 0.3) is 0 Å². The zero-order chi connectivity index (χ0) is 13.8. The van der Waals surface area contributed by atoms with Gasteiger partial charge in [0.05, 0.1) is 21.7 Å². The highest BCUT2D eigenvalue weighted by atomic mass is 79.9. The molecule has 1 aromatic carbocycles. The Bertz CT molecular complexity index is 397. The number of hydrogen-bond donors (Lipinski definition) is 0. The summed E-state index contributed by atoms with van der Waals surface area (Å²) in [4.78, 5) is 0. The quantitative estimate of drug-likeness (QED) is 0.424. The van der Waals surface area contributed by atoms with Crippen LogP contribution in [0.4, 0.5) is 0 Å². The highest BCUT2D eigenvalue weighted by Crippen LogP contribution is 2.36. The third-order valence-electron chi connectivity index (χ3n) is 3.29. The smallest absolute Gasteiger partial charge is 0.139 e. The second-order valence-corrected chi connectivity index (χ2v) is 6.11. The standard InChI is InChI=1S/C13H16BrCl3O/c1-3-13(4-2,7-14)8-18-12-6-10(16)9(15)5-11(12)17/h5-6H,3-4,7-8H2,1-2H3. The molecule has 0 aliphatic rings. The number of benzene rings is 1. The lowest BCUT2D eigenvalue weighted by Crippen LogP contribution is -2.29. The third-order valence-corrected chi connectivity index (χ3v) is 5.50. The highest BCUT2D eigenvalue weighted by Gasteiger charge is 2.26. The van der Waals surface area contributed by atoms with E-state index >= 15 is 0 Å². The Kier molecular flexibility index (Phi) is 6.60. The SMILES string of the molecule is CCC(CC)(CBr)COc1cc(Cl)c(Cl)cc1Cl. The van der Waals surface area contributed by atoms with E-state index in [4.69, 9.17) is 39.5 Å². The van der Waals surface area contributed by atoms with Crippen molar-refractivity contribution < 1.29 is 4.74 Å². The summed E-state index contributed by atoms with van der Waals surface area (Å²) in [5, 5.41) is 2.27. The summed E-state index contributed by atoms with van der Waals surface area (Å²) in [6.07, 6.45) is 2.07. The van der Waals surface area contributed by atoms with E-state index in [1.54, 1.807) is 12.1 Å². The fourth-order valence-electron chi connectivity index (χ4n) is 1.53. The van der Waals surface area contributed by atoms with Gasteiger partial charge in [0, 0.05) is 16.8 Å². The number of hydrogen-bond acceptors (Lipinski definition) is 1. The van der Waals surface area contributed by atoms with Crippen LogP contribution in [0.5, 0.6) is 5.75 Å². The molecule has 0 saturated carbocycles. The molecule has 0 aliphatic heterocycles. The van der Waals surface area contributed by atoms with Crippen LogP contribution in [0.15, 0.2) is 12.1 Å². The Balaban J connectivity index is 2.83. The minimum absolute atomic E-state index is 0.120. The lowest BCUT2D eigenvalue weighted by atomic mass is 9.86. The van der Waals surface area contributed by atoms with E-state index in [0.717, 1.165) is 18.2 Å². The molecule has 0 heterocycles. The molecule has 0 aromatic heterocycles. The molecule has 0 saturated heterocycles. The van der Waals surface area contributed by atoms with Crippen molar-refractivity contribution in [3.63, 3.8) is 0 Å². The van der Waals surface area contributed by atoms with E-state index in [1.165, 1.54) is 0 Å². The minimum Gasteiger partial charge on any atom is -0.491 e. The highest BCUT2D eigenvalue weighted by molar-refractivity contribution is 9.09. The summed E-state index contributed by atoms with van der Waals surface area (Å²) in [7, 11) is 0. The van der Waals surface area contributed by atoms with Crippen molar-refractivity contribution in [3.8, 4) is 5.75 Å². The summed E-state index contributed by atoms with van der Waals surface area (Å²) in [6, 6.07) is 3.27. The maximum absolute atomic E-state index is 6.08. The average molecular weight is 375 g/mol. The second kappa shape index (κ2) is 7.23. The van der Waals surface area contributed by atoms with Gasteiger partial charge in [-0.25, -0.2) is 0 Å². The van der Waals surface area contributed by atoms with Gasteiger partial charge in [-0.15, -0.1) is 0 Å².